The molecule has 2 atom stereocenters. The number of aromatic nitrogens is 2. The summed E-state index contributed by atoms with van der Waals surface area (Å²) < 4.78 is 0. The summed E-state index contributed by atoms with van der Waals surface area (Å²) in [6.07, 6.45) is 3.41. The molecular formula is C30H31N5O2S2. The molecule has 7 nitrogen and oxygen atoms in total. The zero-order valence-corrected chi connectivity index (χ0v) is 24.2. The van der Waals surface area contributed by atoms with Gasteiger partial charge in [0.15, 0.2) is 0 Å². The first kappa shape index (κ1) is 25.8. The Balaban J connectivity index is 1.27. The summed E-state index contributed by atoms with van der Waals surface area (Å²) in [6.45, 7) is 10.2. The summed E-state index contributed by atoms with van der Waals surface area (Å²) in [5.41, 5.74) is 2.45. The van der Waals surface area contributed by atoms with Gasteiger partial charge in [0.25, 0.3) is 11.8 Å². The summed E-state index contributed by atoms with van der Waals surface area (Å²) in [5, 5.41) is 4.48. The summed E-state index contributed by atoms with van der Waals surface area (Å²) in [5.74, 6) is 2.55. The topological polar surface area (TPSA) is 87.5 Å². The molecule has 5 heterocycles. The number of carbonyl (C=O) groups excluding carboxylic acids is 2. The third kappa shape index (κ3) is 4.78. The molecule has 6 rings (SSSR count). The largest absolute Gasteiger partial charge is 0.362 e. The fraction of sp³-hybridized carbons (Fsp3) is 0.367. The van der Waals surface area contributed by atoms with Crippen LogP contribution >= 0.6 is 22.7 Å². The van der Waals surface area contributed by atoms with Crippen LogP contribution in [-0.2, 0) is 6.42 Å². The average Bonchev–Trinajstić information content (AvgIpc) is 3.74. The predicted molar refractivity (Wildman–Crippen MR) is 159 cm³/mol. The van der Waals surface area contributed by atoms with Gasteiger partial charge in [-0.1, -0.05) is 39.0 Å². The molecule has 200 valence electrons. The van der Waals surface area contributed by atoms with Crippen molar-refractivity contribution >= 4 is 56.7 Å². The molecular weight excluding hydrogens is 526 g/mol. The molecule has 2 amide bonds. The number of benzene rings is 1. The van der Waals surface area contributed by atoms with E-state index < -0.39 is 0 Å². The first-order valence-electron chi connectivity index (χ1n) is 13.5. The van der Waals surface area contributed by atoms with E-state index in [0.717, 1.165) is 67.1 Å². The number of likely N-dealkylation sites (tertiary alicyclic amines) is 1. The standard InChI is InChI=1S/C30H31N5O2S2/c1-5-25-33-27(21-13-24(39-29(21)34-25)30(37)35-12-11-19(15-35)16(2)3)32-17(4)22-9-10-23(38-22)20-8-6-7-18-14-31-28(36)26(18)20/h6-10,13-14,16-17,19H,5,11-12,15H2,1-4H3,(H,32,33,34). The van der Waals surface area contributed by atoms with Gasteiger partial charge in [0.2, 0.25) is 0 Å². The molecule has 0 spiro atoms. The highest BCUT2D eigenvalue weighted by molar-refractivity contribution is 7.20. The lowest BCUT2D eigenvalue weighted by Gasteiger charge is -2.17. The van der Waals surface area contributed by atoms with Gasteiger partial charge in [-0.15, -0.1) is 22.7 Å². The monoisotopic (exact) mass is 557 g/mol. The number of rotatable bonds is 7. The molecule has 2 aliphatic rings. The normalized spacial score (nSPS) is 17.4. The van der Waals surface area contributed by atoms with Crippen LogP contribution in [0, 0.1) is 11.8 Å². The summed E-state index contributed by atoms with van der Waals surface area (Å²) >= 11 is 3.11. The average molecular weight is 558 g/mol. The Labute approximate surface area is 236 Å². The molecule has 1 N–H and O–H groups in total. The molecule has 0 bridgehead atoms. The second-order valence-corrected chi connectivity index (χ2v) is 12.8. The van der Waals surface area contributed by atoms with Gasteiger partial charge in [0.05, 0.1) is 21.9 Å². The fourth-order valence-electron chi connectivity index (χ4n) is 5.33. The Morgan fingerprint density at radius 2 is 2.00 bits per heavy atom. The molecule has 1 fully saturated rings. The van der Waals surface area contributed by atoms with Crippen LogP contribution in [0.25, 0.3) is 20.7 Å². The molecule has 39 heavy (non-hydrogen) atoms. The van der Waals surface area contributed by atoms with Crippen molar-refractivity contribution < 1.29 is 9.59 Å². The second-order valence-electron chi connectivity index (χ2n) is 10.6. The van der Waals surface area contributed by atoms with Crippen LogP contribution in [0.5, 0.6) is 0 Å². The van der Waals surface area contributed by atoms with Gasteiger partial charge >= 0.3 is 0 Å². The third-order valence-corrected chi connectivity index (χ3v) is 10.0. The van der Waals surface area contributed by atoms with Crippen LogP contribution in [0.4, 0.5) is 5.82 Å². The Morgan fingerprint density at radius 3 is 2.77 bits per heavy atom. The van der Waals surface area contributed by atoms with Crippen LogP contribution in [0.3, 0.4) is 0 Å². The lowest BCUT2D eigenvalue weighted by atomic mass is 9.95. The number of aliphatic imine (C=N–C) groups is 1. The van der Waals surface area contributed by atoms with E-state index in [1.807, 2.05) is 36.1 Å². The van der Waals surface area contributed by atoms with Gasteiger partial charge in [-0.3, -0.25) is 9.59 Å². The van der Waals surface area contributed by atoms with Gasteiger partial charge in [-0.05, 0) is 43.4 Å². The Kier molecular flexibility index (Phi) is 6.81. The molecule has 9 heteroatoms. The van der Waals surface area contributed by atoms with Crippen molar-refractivity contribution in [1.29, 1.82) is 0 Å². The van der Waals surface area contributed by atoms with Crippen molar-refractivity contribution in [1.82, 2.24) is 14.9 Å². The number of hydrogen-bond acceptors (Lipinski definition) is 7. The van der Waals surface area contributed by atoms with E-state index in [1.165, 1.54) is 11.3 Å². The van der Waals surface area contributed by atoms with Crippen LogP contribution < -0.4 is 5.32 Å². The molecule has 3 aromatic heterocycles. The van der Waals surface area contributed by atoms with Crippen LogP contribution in [0.2, 0.25) is 0 Å². The predicted octanol–water partition coefficient (Wildman–Crippen LogP) is 6.85. The Bertz CT molecular complexity index is 1620. The van der Waals surface area contributed by atoms with Crippen molar-refractivity contribution in [2.24, 2.45) is 16.8 Å². The van der Waals surface area contributed by atoms with Crippen LogP contribution in [0.15, 0.2) is 41.4 Å². The van der Waals surface area contributed by atoms with Crippen LogP contribution in [0.1, 0.15) is 76.5 Å². The zero-order valence-electron chi connectivity index (χ0n) is 22.5. The number of hydrogen-bond donors (Lipinski definition) is 1. The van der Waals surface area contributed by atoms with E-state index in [0.29, 0.717) is 23.8 Å². The van der Waals surface area contributed by atoms with Crippen molar-refractivity contribution in [3.63, 3.8) is 0 Å². The van der Waals surface area contributed by atoms with E-state index in [9.17, 15) is 9.59 Å². The zero-order chi connectivity index (χ0) is 27.3. The quantitative estimate of drug-likeness (QED) is 0.269. The maximum Gasteiger partial charge on any atom is 0.278 e. The number of anilines is 1. The highest BCUT2D eigenvalue weighted by atomic mass is 32.1. The van der Waals surface area contributed by atoms with E-state index in [1.54, 1.807) is 17.6 Å². The fourth-order valence-corrected chi connectivity index (χ4v) is 7.39. The minimum absolute atomic E-state index is 0.0281. The van der Waals surface area contributed by atoms with Gasteiger partial charge in [0, 0.05) is 46.6 Å². The first-order valence-corrected chi connectivity index (χ1v) is 15.1. The van der Waals surface area contributed by atoms with Gasteiger partial charge < -0.3 is 10.2 Å². The number of nitrogens with one attached hydrogen (secondary N) is 1. The molecule has 2 unspecified atom stereocenters. The van der Waals surface area contributed by atoms with E-state index >= 15 is 0 Å². The molecule has 1 aromatic carbocycles. The van der Waals surface area contributed by atoms with Crippen molar-refractivity contribution in [3.8, 4) is 10.4 Å². The lowest BCUT2D eigenvalue weighted by Crippen LogP contribution is -2.28. The van der Waals surface area contributed by atoms with Crippen LogP contribution in [-0.4, -0.2) is 46.0 Å². The maximum atomic E-state index is 13.4. The molecule has 0 saturated carbocycles. The molecule has 1 saturated heterocycles. The van der Waals surface area contributed by atoms with Crippen molar-refractivity contribution in [3.05, 3.63) is 63.1 Å². The molecule has 2 aliphatic heterocycles. The number of aryl methyl sites for hydroxylation is 1. The van der Waals surface area contributed by atoms with Gasteiger partial charge in [-0.2, -0.15) is 0 Å². The maximum absolute atomic E-state index is 13.4. The van der Waals surface area contributed by atoms with Gasteiger partial charge in [0.1, 0.15) is 16.5 Å². The lowest BCUT2D eigenvalue weighted by molar-refractivity contribution is 0.0788. The minimum atomic E-state index is -0.186. The van der Waals surface area contributed by atoms with E-state index in [-0.39, 0.29) is 17.9 Å². The third-order valence-electron chi connectivity index (χ3n) is 7.72. The van der Waals surface area contributed by atoms with Crippen molar-refractivity contribution in [2.75, 3.05) is 18.4 Å². The number of amides is 2. The number of nitrogens with zero attached hydrogens (tertiary/aromatic N) is 4. The summed E-state index contributed by atoms with van der Waals surface area (Å²) in [7, 11) is 0. The number of fused-ring (bicyclic) bond motifs is 2. The highest BCUT2D eigenvalue weighted by Gasteiger charge is 2.30. The Morgan fingerprint density at radius 1 is 1.15 bits per heavy atom. The highest BCUT2D eigenvalue weighted by Crippen LogP contribution is 2.38. The van der Waals surface area contributed by atoms with E-state index in [2.05, 4.69) is 43.2 Å². The number of thiophene rings is 2. The number of carbonyl (C=O) groups is 2. The Hall–Kier alpha value is -3.43. The van der Waals surface area contributed by atoms with E-state index in [4.69, 9.17) is 9.97 Å². The molecule has 0 radical (unpaired) electrons. The molecule has 4 aromatic rings. The molecule has 0 aliphatic carbocycles. The summed E-state index contributed by atoms with van der Waals surface area (Å²) in [4.78, 5) is 45.0. The second kappa shape index (κ2) is 10.3. The summed E-state index contributed by atoms with van der Waals surface area (Å²) in [6, 6.07) is 12.0. The van der Waals surface area contributed by atoms with Gasteiger partial charge in [-0.25, -0.2) is 15.0 Å². The minimum Gasteiger partial charge on any atom is -0.362 e. The smallest absolute Gasteiger partial charge is 0.278 e. The SMILES string of the molecule is CCc1nc(NC(C)c2ccc(-c3cccc4c3C(=O)N=C4)s2)c2cc(C(=O)N3CCC(C(C)C)C3)sc2n1. The van der Waals surface area contributed by atoms with Crippen molar-refractivity contribution in [2.45, 2.75) is 46.6 Å². The first-order chi connectivity index (χ1) is 18.8.